The molecule has 6 heteroatoms. The van der Waals surface area contributed by atoms with Crippen molar-refractivity contribution in [3.63, 3.8) is 0 Å². The van der Waals surface area contributed by atoms with Gasteiger partial charge < -0.3 is 0 Å². The molecule has 0 fully saturated rings. The number of anilines is 1. The minimum absolute atomic E-state index is 0.248. The van der Waals surface area contributed by atoms with E-state index in [0.717, 1.165) is 10.0 Å². The van der Waals surface area contributed by atoms with Crippen molar-refractivity contribution in [3.05, 3.63) is 57.5 Å². The van der Waals surface area contributed by atoms with Gasteiger partial charge in [-0.25, -0.2) is 8.42 Å². The summed E-state index contributed by atoms with van der Waals surface area (Å²) in [6.07, 6.45) is 0. The zero-order valence-corrected chi connectivity index (χ0v) is 14.1. The number of aryl methyl sites for hydroxylation is 1. The molecule has 0 saturated heterocycles. The molecule has 2 aromatic carbocycles. The van der Waals surface area contributed by atoms with Crippen LogP contribution < -0.4 is 4.31 Å². The lowest BCUT2D eigenvalue weighted by atomic mass is 10.2. The Balaban J connectivity index is 2.45. The lowest BCUT2D eigenvalue weighted by molar-refractivity contribution is 0.594. The second-order valence-corrected chi connectivity index (χ2v) is 7.68. The molecule has 0 saturated carbocycles. The molecule has 0 amide bonds. The van der Waals surface area contributed by atoms with Gasteiger partial charge in [0.1, 0.15) is 0 Å². The monoisotopic (exact) mass is 373 g/mol. The van der Waals surface area contributed by atoms with Crippen molar-refractivity contribution in [2.45, 2.75) is 11.8 Å². The molecule has 0 heterocycles. The fourth-order valence-corrected chi connectivity index (χ4v) is 3.62. The Labute approximate surface area is 132 Å². The van der Waals surface area contributed by atoms with E-state index in [1.807, 2.05) is 6.92 Å². The number of nitrogens with zero attached hydrogens (tertiary/aromatic N) is 1. The van der Waals surface area contributed by atoms with Crippen LogP contribution in [0.4, 0.5) is 5.69 Å². The Hall–Kier alpha value is -1.04. The van der Waals surface area contributed by atoms with Gasteiger partial charge in [0, 0.05) is 16.5 Å². The summed E-state index contributed by atoms with van der Waals surface area (Å²) in [5, 5.41) is 0.584. The van der Waals surface area contributed by atoms with Gasteiger partial charge in [-0.15, -0.1) is 0 Å². The molecule has 2 rings (SSSR count). The van der Waals surface area contributed by atoms with Crippen LogP contribution in [0.3, 0.4) is 0 Å². The number of rotatable bonds is 3. The van der Waals surface area contributed by atoms with Gasteiger partial charge in [-0.2, -0.15) is 0 Å². The number of halogens is 2. The molecule has 3 nitrogen and oxygen atoms in total. The Morgan fingerprint density at radius 3 is 2.25 bits per heavy atom. The molecule has 20 heavy (non-hydrogen) atoms. The normalized spacial score (nSPS) is 11.4. The summed E-state index contributed by atoms with van der Waals surface area (Å²) < 4.78 is 27.2. The standard InChI is InChI=1S/C14H13BrClNO2S/c1-10-9-12(16)5-8-14(10)17(2)20(18,19)13-6-3-11(15)4-7-13/h3-9H,1-2H3. The number of hydrogen-bond acceptors (Lipinski definition) is 2. The van der Waals surface area contributed by atoms with Gasteiger partial charge in [-0.3, -0.25) is 4.31 Å². The topological polar surface area (TPSA) is 37.4 Å². The van der Waals surface area contributed by atoms with Crippen molar-refractivity contribution in [2.24, 2.45) is 0 Å². The van der Waals surface area contributed by atoms with E-state index in [1.54, 1.807) is 42.5 Å². The quantitative estimate of drug-likeness (QED) is 0.806. The van der Waals surface area contributed by atoms with Crippen LogP contribution >= 0.6 is 27.5 Å². The summed E-state index contributed by atoms with van der Waals surface area (Å²) in [7, 11) is -2.04. The van der Waals surface area contributed by atoms with Crippen LogP contribution in [0.25, 0.3) is 0 Å². The average molecular weight is 375 g/mol. The van der Waals surface area contributed by atoms with E-state index >= 15 is 0 Å². The fraction of sp³-hybridized carbons (Fsp3) is 0.143. The highest BCUT2D eigenvalue weighted by Crippen LogP contribution is 2.27. The zero-order chi connectivity index (χ0) is 14.9. The van der Waals surface area contributed by atoms with Gasteiger partial charge in [0.25, 0.3) is 10.0 Å². The first kappa shape index (κ1) is 15.4. The summed E-state index contributed by atoms with van der Waals surface area (Å²) in [6, 6.07) is 11.7. The lowest BCUT2D eigenvalue weighted by Gasteiger charge is -2.21. The highest BCUT2D eigenvalue weighted by Gasteiger charge is 2.22. The van der Waals surface area contributed by atoms with Crippen molar-refractivity contribution < 1.29 is 8.42 Å². The Bertz CT molecular complexity index is 729. The van der Waals surface area contributed by atoms with E-state index < -0.39 is 10.0 Å². The fourth-order valence-electron chi connectivity index (χ4n) is 1.87. The van der Waals surface area contributed by atoms with E-state index in [9.17, 15) is 8.42 Å². The number of hydrogen-bond donors (Lipinski definition) is 0. The second-order valence-electron chi connectivity index (χ2n) is 4.36. The van der Waals surface area contributed by atoms with Crippen molar-refractivity contribution in [1.82, 2.24) is 0 Å². The maximum absolute atomic E-state index is 12.6. The van der Waals surface area contributed by atoms with E-state index in [0.29, 0.717) is 10.7 Å². The van der Waals surface area contributed by atoms with Crippen LogP contribution in [0, 0.1) is 6.92 Å². The molecule has 0 aliphatic rings. The summed E-state index contributed by atoms with van der Waals surface area (Å²) >= 11 is 9.19. The molecule has 0 bridgehead atoms. The summed E-state index contributed by atoms with van der Waals surface area (Å²) in [6.45, 7) is 1.83. The first-order valence-electron chi connectivity index (χ1n) is 5.83. The summed E-state index contributed by atoms with van der Waals surface area (Å²) in [5.74, 6) is 0. The molecule has 2 aromatic rings. The van der Waals surface area contributed by atoms with Gasteiger partial charge in [-0.05, 0) is 55.0 Å². The molecule has 0 aliphatic heterocycles. The average Bonchev–Trinajstić information content (AvgIpc) is 2.38. The van der Waals surface area contributed by atoms with Gasteiger partial charge in [0.05, 0.1) is 10.6 Å². The highest BCUT2D eigenvalue weighted by atomic mass is 79.9. The van der Waals surface area contributed by atoms with Crippen LogP contribution in [0.5, 0.6) is 0 Å². The van der Waals surface area contributed by atoms with Crippen molar-refractivity contribution in [3.8, 4) is 0 Å². The minimum Gasteiger partial charge on any atom is -0.269 e. The Kier molecular flexibility index (Phi) is 4.42. The van der Waals surface area contributed by atoms with Crippen LogP contribution in [0.15, 0.2) is 51.8 Å². The molecule has 0 spiro atoms. The molecular formula is C14H13BrClNO2S. The zero-order valence-electron chi connectivity index (χ0n) is 11.0. The third-order valence-electron chi connectivity index (χ3n) is 2.97. The van der Waals surface area contributed by atoms with Crippen molar-refractivity contribution >= 4 is 43.2 Å². The van der Waals surface area contributed by atoms with E-state index in [4.69, 9.17) is 11.6 Å². The molecule has 0 atom stereocenters. The van der Waals surface area contributed by atoms with Crippen molar-refractivity contribution in [1.29, 1.82) is 0 Å². The summed E-state index contributed by atoms with van der Waals surface area (Å²) in [5.41, 5.74) is 1.41. The molecule has 0 aromatic heterocycles. The summed E-state index contributed by atoms with van der Waals surface area (Å²) in [4.78, 5) is 0.248. The molecule has 0 unspecified atom stereocenters. The van der Waals surface area contributed by atoms with Gasteiger partial charge >= 0.3 is 0 Å². The smallest absolute Gasteiger partial charge is 0.264 e. The molecule has 106 valence electrons. The van der Waals surface area contributed by atoms with Crippen LogP contribution in [-0.4, -0.2) is 15.5 Å². The maximum atomic E-state index is 12.6. The molecular weight excluding hydrogens is 362 g/mol. The maximum Gasteiger partial charge on any atom is 0.264 e. The predicted octanol–water partition coefficient (Wildman–Crippen LogP) is 4.24. The van der Waals surface area contributed by atoms with Crippen LogP contribution in [0.1, 0.15) is 5.56 Å². The SMILES string of the molecule is Cc1cc(Cl)ccc1N(C)S(=O)(=O)c1ccc(Br)cc1. The predicted molar refractivity (Wildman–Crippen MR) is 85.9 cm³/mol. The number of benzene rings is 2. The van der Waals surface area contributed by atoms with Gasteiger partial charge in [0.2, 0.25) is 0 Å². The lowest BCUT2D eigenvalue weighted by Crippen LogP contribution is -2.27. The highest BCUT2D eigenvalue weighted by molar-refractivity contribution is 9.10. The minimum atomic E-state index is -3.57. The van der Waals surface area contributed by atoms with Crippen LogP contribution in [-0.2, 0) is 10.0 Å². The number of sulfonamides is 1. The van der Waals surface area contributed by atoms with Crippen molar-refractivity contribution in [2.75, 3.05) is 11.4 Å². The first-order valence-corrected chi connectivity index (χ1v) is 8.44. The van der Waals surface area contributed by atoms with E-state index in [2.05, 4.69) is 15.9 Å². The molecule has 0 radical (unpaired) electrons. The van der Waals surface area contributed by atoms with Gasteiger partial charge in [0.15, 0.2) is 0 Å². The Morgan fingerprint density at radius 1 is 1.10 bits per heavy atom. The third-order valence-corrected chi connectivity index (χ3v) is 5.52. The van der Waals surface area contributed by atoms with Crippen LogP contribution in [0.2, 0.25) is 5.02 Å². The molecule has 0 N–H and O–H groups in total. The van der Waals surface area contributed by atoms with E-state index in [1.165, 1.54) is 11.4 Å². The van der Waals surface area contributed by atoms with Gasteiger partial charge in [-0.1, -0.05) is 27.5 Å². The largest absolute Gasteiger partial charge is 0.269 e. The molecule has 0 aliphatic carbocycles. The first-order chi connectivity index (χ1) is 9.32. The second kappa shape index (κ2) is 5.76. The third kappa shape index (κ3) is 3.00. The van der Waals surface area contributed by atoms with E-state index in [-0.39, 0.29) is 4.90 Å². The Morgan fingerprint density at radius 2 is 1.70 bits per heavy atom.